The van der Waals surface area contributed by atoms with Gasteiger partial charge in [-0.3, -0.25) is 4.79 Å². The molecule has 1 atom stereocenters. The van der Waals surface area contributed by atoms with Crippen LogP contribution in [0.3, 0.4) is 0 Å². The summed E-state index contributed by atoms with van der Waals surface area (Å²) < 4.78 is 3.62. The Labute approximate surface area is 96.7 Å². The van der Waals surface area contributed by atoms with Crippen molar-refractivity contribution in [3.63, 3.8) is 0 Å². The second kappa shape index (κ2) is 5.40. The molecule has 0 saturated carbocycles. The Kier molecular flexibility index (Phi) is 4.18. The molecule has 1 amide bonds. The minimum Gasteiger partial charge on any atom is -0.409 e. The van der Waals surface area contributed by atoms with Gasteiger partial charge in [0.25, 0.3) is 5.91 Å². The highest BCUT2D eigenvalue weighted by Gasteiger charge is 2.20. The van der Waals surface area contributed by atoms with E-state index in [1.54, 1.807) is 7.05 Å². The lowest BCUT2D eigenvalue weighted by molar-refractivity contribution is 0.0752. The molecule has 0 aliphatic rings. The predicted octanol–water partition coefficient (Wildman–Crippen LogP) is 0.135. The monoisotopic (exact) mass is 243 g/mol. The quantitative estimate of drug-likeness (QED) is 0.338. The van der Waals surface area contributed by atoms with Gasteiger partial charge >= 0.3 is 0 Å². The van der Waals surface area contributed by atoms with Crippen LogP contribution in [0.5, 0.6) is 0 Å². The van der Waals surface area contributed by atoms with Gasteiger partial charge in [0, 0.05) is 19.5 Å². The first-order chi connectivity index (χ1) is 7.56. The summed E-state index contributed by atoms with van der Waals surface area (Å²) in [5.74, 6) is -0.0807. The molecule has 0 saturated heterocycles. The molecule has 0 spiro atoms. The summed E-state index contributed by atoms with van der Waals surface area (Å²) in [6, 6.07) is -0.162. The summed E-state index contributed by atoms with van der Waals surface area (Å²) in [5, 5.41) is 14.9. The number of amidine groups is 1. The van der Waals surface area contributed by atoms with Crippen LogP contribution < -0.4 is 5.73 Å². The Bertz CT molecular complexity index is 378. The minimum absolute atomic E-state index is 0.0922. The highest BCUT2D eigenvalue weighted by Crippen LogP contribution is 2.10. The van der Waals surface area contributed by atoms with Crippen LogP contribution >= 0.6 is 11.5 Å². The number of aromatic nitrogens is 2. The van der Waals surface area contributed by atoms with E-state index in [0.29, 0.717) is 11.3 Å². The molecule has 1 aromatic heterocycles. The zero-order valence-electron chi connectivity index (χ0n) is 8.99. The second-order valence-corrected chi connectivity index (χ2v) is 4.13. The third-order valence-electron chi connectivity index (χ3n) is 2.19. The molecule has 16 heavy (non-hydrogen) atoms. The highest BCUT2D eigenvalue weighted by atomic mass is 32.1. The average molecular weight is 243 g/mol. The molecule has 1 heterocycles. The topological polar surface area (TPSA) is 105 Å². The van der Waals surface area contributed by atoms with Gasteiger partial charge in [0.2, 0.25) is 0 Å². The Morgan fingerprint density at radius 3 is 3.00 bits per heavy atom. The van der Waals surface area contributed by atoms with Crippen molar-refractivity contribution in [2.75, 3.05) is 7.05 Å². The first kappa shape index (κ1) is 12.4. The van der Waals surface area contributed by atoms with Crippen LogP contribution in [0.4, 0.5) is 0 Å². The molecular formula is C8H13N5O2S. The van der Waals surface area contributed by atoms with Crippen molar-refractivity contribution in [1.82, 2.24) is 14.5 Å². The number of hydrogen-bond acceptors (Lipinski definition) is 6. The largest absolute Gasteiger partial charge is 0.409 e. The maximum Gasteiger partial charge on any atom is 0.267 e. The molecular weight excluding hydrogens is 230 g/mol. The molecule has 0 bridgehead atoms. The highest BCUT2D eigenvalue weighted by molar-refractivity contribution is 7.07. The predicted molar refractivity (Wildman–Crippen MR) is 59.5 cm³/mol. The van der Waals surface area contributed by atoms with Crippen molar-refractivity contribution >= 4 is 23.3 Å². The summed E-state index contributed by atoms with van der Waals surface area (Å²) in [6.07, 6.45) is 1.73. The summed E-state index contributed by atoms with van der Waals surface area (Å²) in [4.78, 5) is 13.8. The molecule has 0 radical (unpaired) electrons. The van der Waals surface area contributed by atoms with Crippen LogP contribution in [0.15, 0.2) is 11.4 Å². The van der Waals surface area contributed by atoms with Gasteiger partial charge in [-0.15, -0.1) is 5.10 Å². The smallest absolute Gasteiger partial charge is 0.267 e. The summed E-state index contributed by atoms with van der Waals surface area (Å²) >= 11 is 1.04. The molecule has 1 rings (SSSR count). The first-order valence-electron chi connectivity index (χ1n) is 4.57. The number of amides is 1. The fraction of sp³-hybridized carbons (Fsp3) is 0.500. The van der Waals surface area contributed by atoms with Gasteiger partial charge in [-0.1, -0.05) is 9.64 Å². The molecule has 1 aromatic rings. The van der Waals surface area contributed by atoms with Crippen LogP contribution in [-0.4, -0.2) is 44.5 Å². The van der Waals surface area contributed by atoms with Crippen molar-refractivity contribution in [2.45, 2.75) is 19.4 Å². The Morgan fingerprint density at radius 2 is 2.50 bits per heavy atom. The normalized spacial score (nSPS) is 13.5. The summed E-state index contributed by atoms with van der Waals surface area (Å²) in [6.45, 7) is 1.81. The van der Waals surface area contributed by atoms with E-state index < -0.39 is 0 Å². The van der Waals surface area contributed by atoms with E-state index in [2.05, 4.69) is 14.7 Å². The zero-order chi connectivity index (χ0) is 12.1. The summed E-state index contributed by atoms with van der Waals surface area (Å²) in [5.41, 5.74) is 5.37. The van der Waals surface area contributed by atoms with Crippen molar-refractivity contribution in [3.05, 3.63) is 11.1 Å². The van der Waals surface area contributed by atoms with E-state index in [-0.39, 0.29) is 17.8 Å². The van der Waals surface area contributed by atoms with Gasteiger partial charge < -0.3 is 15.8 Å². The van der Waals surface area contributed by atoms with Crippen molar-refractivity contribution in [2.24, 2.45) is 10.9 Å². The number of oxime groups is 1. The van der Waals surface area contributed by atoms with E-state index in [4.69, 9.17) is 10.9 Å². The second-order valence-electron chi connectivity index (χ2n) is 3.34. The van der Waals surface area contributed by atoms with E-state index >= 15 is 0 Å². The number of carbonyl (C=O) groups excluding carboxylic acids is 1. The van der Waals surface area contributed by atoms with Crippen LogP contribution in [0.1, 0.15) is 23.0 Å². The molecule has 0 aliphatic carbocycles. The first-order valence-corrected chi connectivity index (χ1v) is 5.34. The Balaban J connectivity index is 2.64. The third kappa shape index (κ3) is 2.89. The van der Waals surface area contributed by atoms with Gasteiger partial charge in [0.05, 0.1) is 6.20 Å². The van der Waals surface area contributed by atoms with E-state index in [9.17, 15) is 4.79 Å². The number of nitrogens with two attached hydrogens (primary N) is 1. The zero-order valence-corrected chi connectivity index (χ0v) is 9.81. The Morgan fingerprint density at radius 1 is 1.81 bits per heavy atom. The lowest BCUT2D eigenvalue weighted by Gasteiger charge is -2.23. The molecule has 7 nitrogen and oxygen atoms in total. The molecule has 3 N–H and O–H groups in total. The van der Waals surface area contributed by atoms with Crippen molar-refractivity contribution in [3.8, 4) is 0 Å². The maximum absolute atomic E-state index is 11.8. The molecule has 0 aromatic carbocycles. The number of nitrogens with zero attached hydrogens (tertiary/aromatic N) is 4. The number of rotatable bonds is 4. The molecule has 0 fully saturated rings. The van der Waals surface area contributed by atoms with Gasteiger partial charge in [0.1, 0.15) is 10.7 Å². The Hall–Kier alpha value is -1.70. The van der Waals surface area contributed by atoms with Crippen LogP contribution in [-0.2, 0) is 0 Å². The van der Waals surface area contributed by atoms with Gasteiger partial charge in [-0.2, -0.15) is 0 Å². The van der Waals surface area contributed by atoms with Gasteiger partial charge in [-0.25, -0.2) is 0 Å². The number of hydrogen-bond donors (Lipinski definition) is 2. The molecule has 88 valence electrons. The fourth-order valence-electron chi connectivity index (χ4n) is 1.12. The van der Waals surface area contributed by atoms with E-state index in [1.807, 2.05) is 6.92 Å². The summed E-state index contributed by atoms with van der Waals surface area (Å²) in [7, 11) is 1.65. The lowest BCUT2D eigenvalue weighted by atomic mass is 10.2. The molecule has 8 heteroatoms. The van der Waals surface area contributed by atoms with Crippen molar-refractivity contribution < 1.29 is 10.0 Å². The van der Waals surface area contributed by atoms with E-state index in [1.165, 1.54) is 11.1 Å². The maximum atomic E-state index is 11.8. The lowest BCUT2D eigenvalue weighted by Crippen LogP contribution is -2.37. The average Bonchev–Trinajstić information content (AvgIpc) is 2.80. The van der Waals surface area contributed by atoms with Crippen LogP contribution in [0, 0.1) is 0 Å². The molecule has 0 aliphatic heterocycles. The standard InChI is InChI=1S/C8H13N5O2S/c1-5(3-7(9)11-15)13(2)8(14)6-4-10-12-16-6/h4-5,15H,3H2,1-2H3,(H2,9,11). The van der Waals surface area contributed by atoms with Gasteiger partial charge in [-0.05, 0) is 18.5 Å². The molecule has 1 unspecified atom stereocenters. The van der Waals surface area contributed by atoms with E-state index in [0.717, 1.165) is 11.5 Å². The van der Waals surface area contributed by atoms with Crippen molar-refractivity contribution in [1.29, 1.82) is 0 Å². The fourth-order valence-corrected chi connectivity index (χ4v) is 1.61. The SMILES string of the molecule is CC(CC(N)=NO)N(C)C(=O)c1cnns1. The van der Waals surface area contributed by atoms with Crippen LogP contribution in [0.25, 0.3) is 0 Å². The third-order valence-corrected chi connectivity index (χ3v) is 2.84. The minimum atomic E-state index is -0.173. The van der Waals surface area contributed by atoms with Crippen LogP contribution in [0.2, 0.25) is 0 Å². The van der Waals surface area contributed by atoms with Gasteiger partial charge in [0.15, 0.2) is 0 Å². The number of carbonyl (C=O) groups is 1.